The number of anilines is 1. The minimum Gasteiger partial charge on any atom is -0.484 e. The zero-order valence-corrected chi connectivity index (χ0v) is 12.4. The molecule has 0 aliphatic rings. The molecule has 0 radical (unpaired) electrons. The van der Waals surface area contributed by atoms with Gasteiger partial charge in [0.25, 0.3) is 5.91 Å². The number of rotatable bonds is 5. The summed E-state index contributed by atoms with van der Waals surface area (Å²) in [5.74, 6) is 0.435. The number of nitrogens with one attached hydrogen (secondary N) is 1. The molecule has 0 atom stereocenters. The van der Waals surface area contributed by atoms with E-state index in [1.165, 1.54) is 0 Å². The molecule has 0 spiro atoms. The molecule has 5 heteroatoms. The number of amides is 1. The number of para-hydroxylation sites is 1. The van der Waals surface area contributed by atoms with E-state index in [1.807, 2.05) is 36.4 Å². The lowest BCUT2D eigenvalue weighted by Gasteiger charge is -2.09. The van der Waals surface area contributed by atoms with Gasteiger partial charge in [0.05, 0.1) is 5.69 Å². The lowest BCUT2D eigenvalue weighted by atomic mass is 10.2. The highest BCUT2D eigenvalue weighted by molar-refractivity contribution is 9.10. The Bertz CT molecular complexity index is 585. The predicted octanol–water partition coefficient (Wildman–Crippen LogP) is 2.93. The smallest absolute Gasteiger partial charge is 0.262 e. The van der Waals surface area contributed by atoms with Crippen LogP contribution in [0.1, 0.15) is 5.56 Å². The first-order valence-electron chi connectivity index (χ1n) is 6.15. The minimum absolute atomic E-state index is 0.0384. The topological polar surface area (TPSA) is 64.3 Å². The summed E-state index contributed by atoms with van der Waals surface area (Å²) in [5.41, 5.74) is 7.26. The second-order valence-corrected chi connectivity index (χ2v) is 5.02. The van der Waals surface area contributed by atoms with Crippen LogP contribution in [0.5, 0.6) is 5.75 Å². The third kappa shape index (κ3) is 4.08. The number of hydrogen-bond acceptors (Lipinski definition) is 3. The molecule has 0 aromatic heterocycles. The maximum Gasteiger partial charge on any atom is 0.262 e. The standard InChI is InChI=1S/C15H15BrN2O2/c16-13-3-1-2-4-14(13)18-15(19)10-20-12-7-5-11(9-17)6-8-12/h1-8H,9-10,17H2,(H,18,19). The maximum atomic E-state index is 11.8. The van der Waals surface area contributed by atoms with Gasteiger partial charge < -0.3 is 15.8 Å². The zero-order chi connectivity index (χ0) is 14.4. The van der Waals surface area contributed by atoms with Crippen LogP contribution in [-0.2, 0) is 11.3 Å². The lowest BCUT2D eigenvalue weighted by molar-refractivity contribution is -0.118. The normalized spacial score (nSPS) is 10.1. The number of carbonyl (C=O) groups is 1. The summed E-state index contributed by atoms with van der Waals surface area (Å²) in [7, 11) is 0. The van der Waals surface area contributed by atoms with Gasteiger partial charge in [-0.2, -0.15) is 0 Å². The van der Waals surface area contributed by atoms with Gasteiger partial charge in [0, 0.05) is 11.0 Å². The average Bonchev–Trinajstić information content (AvgIpc) is 2.48. The summed E-state index contributed by atoms with van der Waals surface area (Å²) in [5, 5.41) is 2.77. The van der Waals surface area contributed by atoms with E-state index in [1.54, 1.807) is 12.1 Å². The van der Waals surface area contributed by atoms with Crippen LogP contribution < -0.4 is 15.8 Å². The van der Waals surface area contributed by atoms with Crippen LogP contribution >= 0.6 is 15.9 Å². The van der Waals surface area contributed by atoms with E-state index in [2.05, 4.69) is 21.2 Å². The van der Waals surface area contributed by atoms with Gasteiger partial charge >= 0.3 is 0 Å². The highest BCUT2D eigenvalue weighted by Gasteiger charge is 2.05. The molecule has 0 aliphatic carbocycles. The second-order valence-electron chi connectivity index (χ2n) is 4.16. The van der Waals surface area contributed by atoms with Crippen LogP contribution in [0.25, 0.3) is 0 Å². The van der Waals surface area contributed by atoms with E-state index in [0.29, 0.717) is 12.3 Å². The third-order valence-electron chi connectivity index (χ3n) is 2.68. The van der Waals surface area contributed by atoms with Crippen molar-refractivity contribution in [3.63, 3.8) is 0 Å². The summed E-state index contributed by atoms with van der Waals surface area (Å²) >= 11 is 3.37. The van der Waals surface area contributed by atoms with Crippen molar-refractivity contribution in [2.45, 2.75) is 6.54 Å². The molecule has 4 nitrogen and oxygen atoms in total. The van der Waals surface area contributed by atoms with Gasteiger partial charge in [0.15, 0.2) is 6.61 Å². The van der Waals surface area contributed by atoms with Crippen LogP contribution in [-0.4, -0.2) is 12.5 Å². The number of benzene rings is 2. The van der Waals surface area contributed by atoms with Crippen molar-refractivity contribution in [3.05, 3.63) is 58.6 Å². The number of ether oxygens (including phenoxy) is 1. The number of hydrogen-bond donors (Lipinski definition) is 2. The van der Waals surface area contributed by atoms with Gasteiger partial charge in [0.2, 0.25) is 0 Å². The Balaban J connectivity index is 1.87. The Morgan fingerprint density at radius 1 is 1.15 bits per heavy atom. The first-order valence-corrected chi connectivity index (χ1v) is 6.94. The highest BCUT2D eigenvalue weighted by Crippen LogP contribution is 2.21. The molecule has 2 aromatic rings. The molecule has 3 N–H and O–H groups in total. The van der Waals surface area contributed by atoms with Crippen LogP contribution in [0.2, 0.25) is 0 Å². The molecule has 0 aliphatic heterocycles. The van der Waals surface area contributed by atoms with E-state index in [4.69, 9.17) is 10.5 Å². The molecule has 2 aromatic carbocycles. The molecule has 1 amide bonds. The SMILES string of the molecule is NCc1ccc(OCC(=O)Nc2ccccc2Br)cc1. The van der Waals surface area contributed by atoms with Crippen molar-refractivity contribution in [3.8, 4) is 5.75 Å². The Morgan fingerprint density at radius 3 is 2.50 bits per heavy atom. The van der Waals surface area contributed by atoms with Crippen molar-refractivity contribution in [2.75, 3.05) is 11.9 Å². The summed E-state index contributed by atoms with van der Waals surface area (Å²) < 4.78 is 6.25. The van der Waals surface area contributed by atoms with Gasteiger partial charge in [-0.1, -0.05) is 24.3 Å². The molecule has 104 valence electrons. The first kappa shape index (κ1) is 14.6. The van der Waals surface area contributed by atoms with Crippen LogP contribution in [0.3, 0.4) is 0 Å². The van der Waals surface area contributed by atoms with Gasteiger partial charge in [-0.15, -0.1) is 0 Å². The Hall–Kier alpha value is -1.85. The molecule has 0 heterocycles. The van der Waals surface area contributed by atoms with Crippen molar-refractivity contribution >= 4 is 27.5 Å². The molecule has 0 fully saturated rings. The molecule has 0 saturated heterocycles. The van der Waals surface area contributed by atoms with E-state index in [-0.39, 0.29) is 12.5 Å². The fourth-order valence-corrected chi connectivity index (χ4v) is 2.00. The van der Waals surface area contributed by atoms with Crippen LogP contribution in [0.15, 0.2) is 53.0 Å². The van der Waals surface area contributed by atoms with Gasteiger partial charge in [-0.25, -0.2) is 0 Å². The lowest BCUT2D eigenvalue weighted by Crippen LogP contribution is -2.20. The molecule has 2 rings (SSSR count). The number of carbonyl (C=O) groups excluding carboxylic acids is 1. The van der Waals surface area contributed by atoms with Crippen molar-refractivity contribution in [1.29, 1.82) is 0 Å². The van der Waals surface area contributed by atoms with Crippen LogP contribution in [0, 0.1) is 0 Å². The third-order valence-corrected chi connectivity index (χ3v) is 3.37. The molecular formula is C15H15BrN2O2. The molecule has 0 saturated carbocycles. The van der Waals surface area contributed by atoms with E-state index in [9.17, 15) is 4.79 Å². The predicted molar refractivity (Wildman–Crippen MR) is 82.6 cm³/mol. The highest BCUT2D eigenvalue weighted by atomic mass is 79.9. The quantitative estimate of drug-likeness (QED) is 0.883. The van der Waals surface area contributed by atoms with E-state index >= 15 is 0 Å². The monoisotopic (exact) mass is 334 g/mol. The molecular weight excluding hydrogens is 320 g/mol. The summed E-state index contributed by atoms with van der Waals surface area (Å²) in [4.78, 5) is 11.8. The summed E-state index contributed by atoms with van der Waals surface area (Å²) in [6.45, 7) is 0.451. The van der Waals surface area contributed by atoms with Crippen molar-refractivity contribution in [2.24, 2.45) is 5.73 Å². The molecule has 0 bridgehead atoms. The fraction of sp³-hybridized carbons (Fsp3) is 0.133. The van der Waals surface area contributed by atoms with E-state index < -0.39 is 0 Å². The Morgan fingerprint density at radius 2 is 1.85 bits per heavy atom. The average molecular weight is 335 g/mol. The van der Waals surface area contributed by atoms with Crippen molar-refractivity contribution < 1.29 is 9.53 Å². The largest absolute Gasteiger partial charge is 0.484 e. The Kier molecular flexibility index (Phi) is 5.15. The van der Waals surface area contributed by atoms with Gasteiger partial charge in [-0.05, 0) is 45.8 Å². The van der Waals surface area contributed by atoms with Crippen molar-refractivity contribution in [1.82, 2.24) is 0 Å². The van der Waals surface area contributed by atoms with E-state index in [0.717, 1.165) is 15.7 Å². The Labute approximate surface area is 126 Å². The van der Waals surface area contributed by atoms with Crippen LogP contribution in [0.4, 0.5) is 5.69 Å². The number of halogens is 1. The van der Waals surface area contributed by atoms with Gasteiger partial charge in [-0.3, -0.25) is 4.79 Å². The first-order chi connectivity index (χ1) is 9.69. The minimum atomic E-state index is -0.209. The summed E-state index contributed by atoms with van der Waals surface area (Å²) in [6, 6.07) is 14.8. The number of nitrogens with two attached hydrogens (primary N) is 1. The summed E-state index contributed by atoms with van der Waals surface area (Å²) in [6.07, 6.45) is 0. The fourth-order valence-electron chi connectivity index (χ4n) is 1.62. The molecule has 0 unspecified atom stereocenters. The zero-order valence-electron chi connectivity index (χ0n) is 10.8. The van der Waals surface area contributed by atoms with Gasteiger partial charge in [0.1, 0.15) is 5.75 Å². The molecule has 20 heavy (non-hydrogen) atoms. The second kappa shape index (κ2) is 7.07. The maximum absolute atomic E-state index is 11.8.